The summed E-state index contributed by atoms with van der Waals surface area (Å²) in [6.07, 6.45) is 10.4. The minimum Gasteiger partial charge on any atom is -0.384 e. The van der Waals surface area contributed by atoms with Gasteiger partial charge in [-0.1, -0.05) is 12.2 Å². The molecule has 0 amide bonds. The summed E-state index contributed by atoms with van der Waals surface area (Å²) < 4.78 is 0. The minimum absolute atomic E-state index is 0.546. The number of thioether (sulfide) groups is 1. The average Bonchev–Trinajstić information content (AvgIpc) is 1.91. The minimum atomic E-state index is 0.546. The van der Waals surface area contributed by atoms with E-state index in [-0.39, 0.29) is 0 Å². The molecule has 1 unspecified atom stereocenters. The van der Waals surface area contributed by atoms with E-state index >= 15 is 0 Å². The molecule has 1 atom stereocenters. The van der Waals surface area contributed by atoms with Crippen molar-refractivity contribution in [1.82, 2.24) is 5.32 Å². The molecule has 0 fully saturated rings. The summed E-state index contributed by atoms with van der Waals surface area (Å²) in [6, 6.07) is 0.546. The third-order valence-corrected chi connectivity index (χ3v) is 1.90. The second-order valence-electron chi connectivity index (χ2n) is 1.97. The molecule has 1 rings (SSSR count). The summed E-state index contributed by atoms with van der Waals surface area (Å²) in [5.74, 6) is 1.15. The Bertz CT molecular complexity index is 129. The molecule has 0 bridgehead atoms. The van der Waals surface area contributed by atoms with Crippen LogP contribution in [0, 0.1) is 0 Å². The van der Waals surface area contributed by atoms with Crippen LogP contribution in [0.1, 0.15) is 0 Å². The Morgan fingerprint density at radius 3 is 3.00 bits per heavy atom. The molecule has 0 aromatic carbocycles. The van der Waals surface area contributed by atoms with Gasteiger partial charge in [0.1, 0.15) is 0 Å². The lowest BCUT2D eigenvalue weighted by molar-refractivity contribution is 0.772. The van der Waals surface area contributed by atoms with E-state index in [1.54, 1.807) is 0 Å². The van der Waals surface area contributed by atoms with Crippen molar-refractivity contribution in [2.45, 2.75) is 6.04 Å². The van der Waals surface area contributed by atoms with Gasteiger partial charge in [0.2, 0.25) is 0 Å². The summed E-state index contributed by atoms with van der Waals surface area (Å²) in [4.78, 5) is 0. The quantitative estimate of drug-likeness (QED) is 0.623. The second kappa shape index (κ2) is 3.62. The first-order valence-electron chi connectivity index (χ1n) is 3.02. The maximum absolute atomic E-state index is 3.23. The van der Waals surface area contributed by atoms with Crippen LogP contribution in [0.2, 0.25) is 0 Å². The summed E-state index contributed by atoms with van der Waals surface area (Å²) in [7, 11) is 0. The van der Waals surface area contributed by atoms with Gasteiger partial charge in [-0.05, 0) is 18.5 Å². The molecule has 9 heavy (non-hydrogen) atoms. The lowest BCUT2D eigenvalue weighted by Crippen LogP contribution is -2.25. The third-order valence-electron chi connectivity index (χ3n) is 1.21. The fraction of sp³-hybridized carbons (Fsp3) is 0.429. The molecule has 1 heterocycles. The van der Waals surface area contributed by atoms with Gasteiger partial charge in [0.15, 0.2) is 0 Å². The van der Waals surface area contributed by atoms with Crippen molar-refractivity contribution in [3.8, 4) is 0 Å². The number of rotatable bonds is 2. The van der Waals surface area contributed by atoms with Crippen LogP contribution in [0.4, 0.5) is 0 Å². The first-order valence-corrected chi connectivity index (χ1v) is 4.41. The Labute approximate surface area is 60.2 Å². The highest BCUT2D eigenvalue weighted by Crippen LogP contribution is 2.01. The first-order chi connectivity index (χ1) is 4.43. The molecule has 0 aromatic heterocycles. The normalized spacial score (nSPS) is 23.9. The van der Waals surface area contributed by atoms with Crippen molar-refractivity contribution in [3.63, 3.8) is 0 Å². The van der Waals surface area contributed by atoms with Crippen molar-refractivity contribution in [1.29, 1.82) is 0 Å². The van der Waals surface area contributed by atoms with E-state index in [0.29, 0.717) is 6.04 Å². The smallest absolute Gasteiger partial charge is 0.0532 e. The molecule has 1 aliphatic heterocycles. The van der Waals surface area contributed by atoms with E-state index in [4.69, 9.17) is 0 Å². The van der Waals surface area contributed by atoms with Crippen LogP contribution in [0.25, 0.3) is 0 Å². The van der Waals surface area contributed by atoms with E-state index in [1.165, 1.54) is 0 Å². The van der Waals surface area contributed by atoms with Crippen LogP contribution in [-0.2, 0) is 0 Å². The molecule has 50 valence electrons. The Hall–Kier alpha value is -0.370. The highest BCUT2D eigenvalue weighted by Gasteiger charge is 2.00. The van der Waals surface area contributed by atoms with Gasteiger partial charge in [-0.25, -0.2) is 0 Å². The van der Waals surface area contributed by atoms with Crippen LogP contribution in [0.3, 0.4) is 0 Å². The summed E-state index contributed by atoms with van der Waals surface area (Å²) in [6.45, 7) is 0. The third kappa shape index (κ3) is 2.14. The van der Waals surface area contributed by atoms with Crippen molar-refractivity contribution < 1.29 is 0 Å². The highest BCUT2D eigenvalue weighted by atomic mass is 32.2. The van der Waals surface area contributed by atoms with Gasteiger partial charge in [-0.3, -0.25) is 0 Å². The van der Waals surface area contributed by atoms with Gasteiger partial charge in [0.25, 0.3) is 0 Å². The maximum atomic E-state index is 3.23. The monoisotopic (exact) mass is 141 g/mol. The molecule has 0 radical (unpaired) electrons. The standard InChI is InChI=1S/C7H11NS/c1-9-6-7-4-2-3-5-8-7/h2-5,7-8H,6H2,1H3. The van der Waals surface area contributed by atoms with Crippen LogP contribution in [-0.4, -0.2) is 18.1 Å². The molecular weight excluding hydrogens is 130 g/mol. The van der Waals surface area contributed by atoms with Crippen molar-refractivity contribution >= 4 is 11.8 Å². The van der Waals surface area contributed by atoms with Crippen LogP contribution in [0.15, 0.2) is 24.4 Å². The van der Waals surface area contributed by atoms with Crippen LogP contribution in [0.5, 0.6) is 0 Å². The fourth-order valence-corrected chi connectivity index (χ4v) is 1.34. The van der Waals surface area contributed by atoms with Crippen LogP contribution >= 0.6 is 11.8 Å². The number of nitrogens with one attached hydrogen (secondary N) is 1. The second-order valence-corrected chi connectivity index (χ2v) is 2.88. The highest BCUT2D eigenvalue weighted by molar-refractivity contribution is 7.98. The molecule has 1 N–H and O–H groups in total. The first kappa shape index (κ1) is 6.75. The topological polar surface area (TPSA) is 12.0 Å². The van der Waals surface area contributed by atoms with E-state index in [9.17, 15) is 0 Å². The van der Waals surface area contributed by atoms with Gasteiger partial charge in [0, 0.05) is 5.75 Å². The van der Waals surface area contributed by atoms with Gasteiger partial charge < -0.3 is 5.32 Å². The van der Waals surface area contributed by atoms with Crippen molar-refractivity contribution in [3.05, 3.63) is 24.4 Å². The number of allylic oxidation sites excluding steroid dienone is 2. The zero-order chi connectivity index (χ0) is 6.53. The zero-order valence-electron chi connectivity index (χ0n) is 5.50. The van der Waals surface area contributed by atoms with Crippen molar-refractivity contribution in [2.24, 2.45) is 0 Å². The maximum Gasteiger partial charge on any atom is 0.0532 e. The van der Waals surface area contributed by atoms with E-state index < -0.39 is 0 Å². The molecule has 1 nitrogen and oxygen atoms in total. The molecule has 0 saturated heterocycles. The molecule has 0 aliphatic carbocycles. The molecule has 1 aliphatic rings. The predicted octanol–water partition coefficient (Wildman–Crippen LogP) is 1.39. The van der Waals surface area contributed by atoms with Crippen LogP contribution < -0.4 is 5.32 Å². The van der Waals surface area contributed by atoms with Gasteiger partial charge >= 0.3 is 0 Å². The van der Waals surface area contributed by atoms with Gasteiger partial charge in [-0.2, -0.15) is 11.8 Å². The average molecular weight is 141 g/mol. The molecule has 2 heteroatoms. The predicted molar refractivity (Wildman–Crippen MR) is 43.6 cm³/mol. The lowest BCUT2D eigenvalue weighted by Gasteiger charge is -2.13. The molecule has 0 saturated carbocycles. The largest absolute Gasteiger partial charge is 0.384 e. The van der Waals surface area contributed by atoms with E-state index in [1.807, 2.05) is 24.0 Å². The summed E-state index contributed by atoms with van der Waals surface area (Å²) >= 11 is 1.86. The fourth-order valence-electron chi connectivity index (χ4n) is 0.772. The number of hydrogen-bond acceptors (Lipinski definition) is 2. The van der Waals surface area contributed by atoms with Gasteiger partial charge in [0.05, 0.1) is 6.04 Å². The zero-order valence-corrected chi connectivity index (χ0v) is 6.32. The number of dihydropyridines is 1. The Kier molecular flexibility index (Phi) is 2.71. The molecular formula is C7H11NS. The molecule has 0 aromatic rings. The Morgan fingerprint density at radius 1 is 1.56 bits per heavy atom. The van der Waals surface area contributed by atoms with E-state index in [0.717, 1.165) is 5.75 Å². The molecule has 0 spiro atoms. The van der Waals surface area contributed by atoms with Crippen molar-refractivity contribution in [2.75, 3.05) is 12.0 Å². The Balaban J connectivity index is 2.28. The Morgan fingerprint density at radius 2 is 2.44 bits per heavy atom. The lowest BCUT2D eigenvalue weighted by atomic mass is 10.2. The number of hydrogen-bond donors (Lipinski definition) is 1. The summed E-state index contributed by atoms with van der Waals surface area (Å²) in [5.41, 5.74) is 0. The SMILES string of the molecule is CSCC1C=CC=CN1. The van der Waals surface area contributed by atoms with E-state index in [2.05, 4.69) is 23.7 Å². The summed E-state index contributed by atoms with van der Waals surface area (Å²) in [5, 5.41) is 3.23. The van der Waals surface area contributed by atoms with Gasteiger partial charge in [-0.15, -0.1) is 0 Å².